The van der Waals surface area contributed by atoms with Gasteiger partial charge in [0, 0.05) is 24.2 Å². The lowest BCUT2D eigenvalue weighted by molar-refractivity contribution is -0.114. The first-order valence-corrected chi connectivity index (χ1v) is 5.22. The topological polar surface area (TPSA) is 49.3 Å². The number of aliphatic hydroxyl groups is 1. The fraction of sp³-hybridized carbons (Fsp3) is 0.727. The fourth-order valence-corrected chi connectivity index (χ4v) is 1.72. The molecule has 0 radical (unpaired) electrons. The fourth-order valence-electron chi connectivity index (χ4n) is 1.72. The van der Waals surface area contributed by atoms with E-state index in [2.05, 4.69) is 19.2 Å². The van der Waals surface area contributed by atoms with E-state index in [1.807, 2.05) is 0 Å². The standard InChI is InChI=1S/C11H19NO2/c1-8(2)5-10(7-13)12-9-3-4-11(14)6-9/h6,8,10,12-13H,3-5,7H2,1-2H3. The summed E-state index contributed by atoms with van der Waals surface area (Å²) < 4.78 is 0. The van der Waals surface area contributed by atoms with Gasteiger partial charge in [0.2, 0.25) is 0 Å². The van der Waals surface area contributed by atoms with Crippen molar-refractivity contribution in [1.29, 1.82) is 0 Å². The molecular formula is C11H19NO2. The number of nitrogens with one attached hydrogen (secondary N) is 1. The van der Waals surface area contributed by atoms with Crippen molar-refractivity contribution in [2.75, 3.05) is 6.61 Å². The Kier molecular flexibility index (Phi) is 4.14. The summed E-state index contributed by atoms with van der Waals surface area (Å²) in [5, 5.41) is 12.3. The molecule has 1 aliphatic carbocycles. The molecule has 3 nitrogen and oxygen atoms in total. The third-order valence-corrected chi connectivity index (χ3v) is 2.34. The summed E-state index contributed by atoms with van der Waals surface area (Å²) in [5.74, 6) is 0.742. The predicted molar refractivity (Wildman–Crippen MR) is 55.8 cm³/mol. The highest BCUT2D eigenvalue weighted by Crippen LogP contribution is 2.14. The quantitative estimate of drug-likeness (QED) is 0.697. The first-order valence-electron chi connectivity index (χ1n) is 5.22. The molecule has 0 bridgehead atoms. The number of carbonyl (C=O) groups is 1. The van der Waals surface area contributed by atoms with E-state index in [0.29, 0.717) is 12.3 Å². The summed E-state index contributed by atoms with van der Waals surface area (Å²) >= 11 is 0. The Morgan fingerprint density at radius 1 is 1.50 bits per heavy atom. The summed E-state index contributed by atoms with van der Waals surface area (Å²) in [6.45, 7) is 4.38. The molecular weight excluding hydrogens is 178 g/mol. The molecule has 1 rings (SSSR count). The molecule has 0 aromatic rings. The van der Waals surface area contributed by atoms with Crippen molar-refractivity contribution >= 4 is 5.78 Å². The molecule has 0 aliphatic heterocycles. The molecule has 1 aliphatic rings. The zero-order valence-corrected chi connectivity index (χ0v) is 8.92. The number of ketones is 1. The summed E-state index contributed by atoms with van der Waals surface area (Å²) in [4.78, 5) is 11.0. The van der Waals surface area contributed by atoms with Gasteiger partial charge >= 0.3 is 0 Å². The predicted octanol–water partition coefficient (Wildman–Crippen LogP) is 1.23. The molecule has 0 heterocycles. The lowest BCUT2D eigenvalue weighted by Crippen LogP contribution is -2.32. The molecule has 0 fully saturated rings. The summed E-state index contributed by atoms with van der Waals surface area (Å²) in [5.41, 5.74) is 0.981. The molecule has 0 saturated heterocycles. The SMILES string of the molecule is CC(C)CC(CO)NC1=CC(=O)CC1. The average Bonchev–Trinajstić information content (AvgIpc) is 2.49. The van der Waals surface area contributed by atoms with Gasteiger partial charge in [-0.3, -0.25) is 4.79 Å². The van der Waals surface area contributed by atoms with Crippen molar-refractivity contribution < 1.29 is 9.90 Å². The summed E-state index contributed by atoms with van der Waals surface area (Å²) in [6.07, 6.45) is 4.00. The van der Waals surface area contributed by atoms with Gasteiger partial charge in [0.25, 0.3) is 0 Å². The van der Waals surface area contributed by atoms with Crippen LogP contribution in [0, 0.1) is 5.92 Å². The zero-order chi connectivity index (χ0) is 10.6. The number of rotatable bonds is 5. The first kappa shape index (κ1) is 11.2. The third-order valence-electron chi connectivity index (χ3n) is 2.34. The van der Waals surface area contributed by atoms with Crippen LogP contribution in [-0.2, 0) is 4.79 Å². The molecule has 80 valence electrons. The number of carbonyl (C=O) groups excluding carboxylic acids is 1. The van der Waals surface area contributed by atoms with Gasteiger partial charge in [0.1, 0.15) is 0 Å². The van der Waals surface area contributed by atoms with Gasteiger partial charge in [-0.15, -0.1) is 0 Å². The van der Waals surface area contributed by atoms with Crippen molar-refractivity contribution in [3.05, 3.63) is 11.8 Å². The van der Waals surface area contributed by atoms with E-state index in [1.165, 1.54) is 0 Å². The van der Waals surface area contributed by atoms with E-state index in [-0.39, 0.29) is 18.4 Å². The minimum atomic E-state index is 0.0900. The largest absolute Gasteiger partial charge is 0.394 e. The molecule has 0 amide bonds. The molecule has 1 unspecified atom stereocenters. The lowest BCUT2D eigenvalue weighted by atomic mass is 10.0. The highest BCUT2D eigenvalue weighted by atomic mass is 16.3. The zero-order valence-electron chi connectivity index (χ0n) is 8.92. The van der Waals surface area contributed by atoms with E-state index in [4.69, 9.17) is 5.11 Å². The van der Waals surface area contributed by atoms with Crippen LogP contribution in [0.5, 0.6) is 0 Å². The smallest absolute Gasteiger partial charge is 0.157 e. The maximum absolute atomic E-state index is 11.0. The van der Waals surface area contributed by atoms with Crippen molar-refractivity contribution in [2.24, 2.45) is 5.92 Å². The van der Waals surface area contributed by atoms with E-state index in [9.17, 15) is 4.79 Å². The van der Waals surface area contributed by atoms with Crippen LogP contribution in [0.1, 0.15) is 33.1 Å². The number of aliphatic hydroxyl groups excluding tert-OH is 1. The van der Waals surface area contributed by atoms with Crippen molar-refractivity contribution in [3.8, 4) is 0 Å². The first-order chi connectivity index (χ1) is 6.61. The van der Waals surface area contributed by atoms with Gasteiger partial charge in [-0.1, -0.05) is 13.8 Å². The van der Waals surface area contributed by atoms with Crippen molar-refractivity contribution in [1.82, 2.24) is 5.32 Å². The van der Waals surface area contributed by atoms with E-state index < -0.39 is 0 Å². The van der Waals surface area contributed by atoms with Gasteiger partial charge < -0.3 is 10.4 Å². The Hall–Kier alpha value is -0.830. The van der Waals surface area contributed by atoms with Gasteiger partial charge in [0.05, 0.1) is 6.61 Å². The Labute approximate surface area is 85.2 Å². The normalized spacial score (nSPS) is 18.6. The lowest BCUT2D eigenvalue weighted by Gasteiger charge is -2.19. The minimum absolute atomic E-state index is 0.0900. The second-order valence-electron chi connectivity index (χ2n) is 4.29. The monoisotopic (exact) mass is 197 g/mol. The van der Waals surface area contributed by atoms with Gasteiger partial charge in [-0.25, -0.2) is 0 Å². The van der Waals surface area contributed by atoms with E-state index >= 15 is 0 Å². The summed E-state index contributed by atoms with van der Waals surface area (Å²) in [7, 11) is 0. The van der Waals surface area contributed by atoms with Crippen LogP contribution in [0.15, 0.2) is 11.8 Å². The van der Waals surface area contributed by atoms with Crippen LogP contribution in [0.3, 0.4) is 0 Å². The van der Waals surface area contributed by atoms with Crippen LogP contribution in [-0.4, -0.2) is 23.5 Å². The summed E-state index contributed by atoms with van der Waals surface area (Å²) in [6, 6.07) is 0.0900. The highest BCUT2D eigenvalue weighted by molar-refractivity contribution is 5.92. The van der Waals surface area contributed by atoms with E-state index in [0.717, 1.165) is 18.5 Å². The second kappa shape index (κ2) is 5.15. The number of hydrogen-bond acceptors (Lipinski definition) is 3. The Balaban J connectivity index is 2.40. The van der Waals surface area contributed by atoms with Gasteiger partial charge in [-0.2, -0.15) is 0 Å². The molecule has 14 heavy (non-hydrogen) atoms. The molecule has 2 N–H and O–H groups in total. The maximum atomic E-state index is 11.0. The Morgan fingerprint density at radius 3 is 2.64 bits per heavy atom. The molecule has 0 saturated carbocycles. The second-order valence-corrected chi connectivity index (χ2v) is 4.29. The Bertz CT molecular complexity index is 233. The average molecular weight is 197 g/mol. The van der Waals surface area contributed by atoms with Crippen molar-refractivity contribution in [3.63, 3.8) is 0 Å². The molecule has 0 aromatic carbocycles. The molecule has 1 atom stereocenters. The van der Waals surface area contributed by atoms with Crippen LogP contribution in [0.4, 0.5) is 0 Å². The third kappa shape index (κ3) is 3.50. The number of allylic oxidation sites excluding steroid dienone is 2. The molecule has 3 heteroatoms. The van der Waals surface area contributed by atoms with Crippen LogP contribution in [0.25, 0.3) is 0 Å². The van der Waals surface area contributed by atoms with Gasteiger partial charge in [0.15, 0.2) is 5.78 Å². The molecule has 0 spiro atoms. The van der Waals surface area contributed by atoms with Crippen LogP contribution >= 0.6 is 0 Å². The van der Waals surface area contributed by atoms with Crippen molar-refractivity contribution in [2.45, 2.75) is 39.2 Å². The van der Waals surface area contributed by atoms with Crippen LogP contribution in [0.2, 0.25) is 0 Å². The minimum Gasteiger partial charge on any atom is -0.394 e. The molecule has 0 aromatic heterocycles. The van der Waals surface area contributed by atoms with Gasteiger partial charge in [-0.05, 0) is 18.8 Å². The maximum Gasteiger partial charge on any atom is 0.157 e. The highest BCUT2D eigenvalue weighted by Gasteiger charge is 2.16. The number of hydrogen-bond donors (Lipinski definition) is 2. The Morgan fingerprint density at radius 2 is 2.21 bits per heavy atom. The van der Waals surface area contributed by atoms with Crippen LogP contribution < -0.4 is 5.32 Å². The van der Waals surface area contributed by atoms with E-state index in [1.54, 1.807) is 6.08 Å².